The third kappa shape index (κ3) is 3.25. The van der Waals surface area contributed by atoms with Crippen LogP contribution in [0, 0.1) is 5.41 Å². The SMILES string of the molecule is O=C(NCC1(C(O)c2ccccc2)CC1)Nc1ccc2c(c1)OCO2. The fourth-order valence-electron chi connectivity index (χ4n) is 3.10. The van der Waals surface area contributed by atoms with Gasteiger partial charge in [-0.1, -0.05) is 30.3 Å². The summed E-state index contributed by atoms with van der Waals surface area (Å²) in [6, 6.07) is 14.5. The molecule has 1 unspecified atom stereocenters. The van der Waals surface area contributed by atoms with E-state index >= 15 is 0 Å². The van der Waals surface area contributed by atoms with Gasteiger partial charge < -0.3 is 25.2 Å². The molecular formula is C19H20N2O4. The summed E-state index contributed by atoms with van der Waals surface area (Å²) >= 11 is 0. The zero-order valence-electron chi connectivity index (χ0n) is 13.7. The Hall–Kier alpha value is -2.73. The van der Waals surface area contributed by atoms with Crippen LogP contribution in [0.15, 0.2) is 48.5 Å². The molecule has 1 heterocycles. The number of benzene rings is 2. The standard InChI is InChI=1S/C19H20N2O4/c22-17(13-4-2-1-3-5-13)19(8-9-19)11-20-18(23)21-14-6-7-15-16(10-14)25-12-24-15/h1-7,10,17,22H,8-9,11-12H2,(H2,20,21,23). The molecule has 6 nitrogen and oxygen atoms in total. The first kappa shape index (κ1) is 15.8. The fourth-order valence-corrected chi connectivity index (χ4v) is 3.10. The molecule has 0 saturated heterocycles. The van der Waals surface area contributed by atoms with E-state index < -0.39 is 6.10 Å². The molecule has 6 heteroatoms. The summed E-state index contributed by atoms with van der Waals surface area (Å²) in [4.78, 5) is 12.2. The average Bonchev–Trinajstić information content (AvgIpc) is 3.29. The Kier molecular flexibility index (Phi) is 3.97. The van der Waals surface area contributed by atoms with Crippen LogP contribution in [0.25, 0.3) is 0 Å². The smallest absolute Gasteiger partial charge is 0.319 e. The maximum atomic E-state index is 12.2. The van der Waals surface area contributed by atoms with E-state index in [-0.39, 0.29) is 18.2 Å². The van der Waals surface area contributed by atoms with E-state index in [1.165, 1.54) is 0 Å². The number of aliphatic hydroxyl groups is 1. The summed E-state index contributed by atoms with van der Waals surface area (Å²) in [5, 5.41) is 16.3. The van der Waals surface area contributed by atoms with Gasteiger partial charge in [-0.25, -0.2) is 4.79 Å². The number of amides is 2. The minimum atomic E-state index is -0.570. The number of nitrogens with one attached hydrogen (secondary N) is 2. The number of hydrogen-bond donors (Lipinski definition) is 3. The van der Waals surface area contributed by atoms with Crippen LogP contribution in [0.2, 0.25) is 0 Å². The van der Waals surface area contributed by atoms with Crippen LogP contribution in [0.3, 0.4) is 0 Å². The summed E-state index contributed by atoms with van der Waals surface area (Å²) in [6.07, 6.45) is 1.22. The van der Waals surface area contributed by atoms with E-state index in [9.17, 15) is 9.90 Å². The Bertz CT molecular complexity index is 774. The second-order valence-electron chi connectivity index (χ2n) is 6.55. The van der Waals surface area contributed by atoms with Crippen molar-refractivity contribution in [2.75, 3.05) is 18.7 Å². The third-order valence-corrected chi connectivity index (χ3v) is 4.82. The second-order valence-corrected chi connectivity index (χ2v) is 6.55. The highest BCUT2D eigenvalue weighted by Gasteiger charge is 2.49. The number of ether oxygens (including phenoxy) is 2. The zero-order valence-corrected chi connectivity index (χ0v) is 13.7. The molecule has 0 spiro atoms. The molecule has 0 radical (unpaired) electrons. The average molecular weight is 340 g/mol. The maximum absolute atomic E-state index is 12.2. The maximum Gasteiger partial charge on any atom is 0.319 e. The summed E-state index contributed by atoms with van der Waals surface area (Å²) in [6.45, 7) is 0.629. The predicted molar refractivity (Wildman–Crippen MR) is 92.7 cm³/mol. The molecule has 25 heavy (non-hydrogen) atoms. The highest BCUT2D eigenvalue weighted by Crippen LogP contribution is 2.54. The number of aliphatic hydroxyl groups excluding tert-OH is 1. The number of urea groups is 1. The lowest BCUT2D eigenvalue weighted by Gasteiger charge is -2.23. The van der Waals surface area contributed by atoms with Gasteiger partial charge in [0.2, 0.25) is 6.79 Å². The summed E-state index contributed by atoms with van der Waals surface area (Å²) in [7, 11) is 0. The van der Waals surface area contributed by atoms with E-state index in [0.717, 1.165) is 18.4 Å². The molecule has 1 aliphatic heterocycles. The lowest BCUT2D eigenvalue weighted by Crippen LogP contribution is -2.36. The number of hydrogen-bond acceptors (Lipinski definition) is 4. The van der Waals surface area contributed by atoms with E-state index in [0.29, 0.717) is 23.7 Å². The zero-order chi connectivity index (χ0) is 17.3. The molecule has 2 aromatic rings. The van der Waals surface area contributed by atoms with E-state index in [1.807, 2.05) is 30.3 Å². The van der Waals surface area contributed by atoms with Gasteiger partial charge in [0.15, 0.2) is 11.5 Å². The highest BCUT2D eigenvalue weighted by atomic mass is 16.7. The quantitative estimate of drug-likeness (QED) is 0.781. The Morgan fingerprint density at radius 3 is 2.64 bits per heavy atom. The van der Waals surface area contributed by atoms with E-state index in [1.54, 1.807) is 18.2 Å². The van der Waals surface area contributed by atoms with E-state index in [4.69, 9.17) is 9.47 Å². The molecule has 1 fully saturated rings. The first-order valence-corrected chi connectivity index (χ1v) is 8.34. The molecule has 130 valence electrons. The van der Waals surface area contributed by atoms with Gasteiger partial charge in [0.1, 0.15) is 0 Å². The van der Waals surface area contributed by atoms with Gasteiger partial charge in [0.25, 0.3) is 0 Å². The van der Waals surface area contributed by atoms with Crippen LogP contribution in [0.5, 0.6) is 11.5 Å². The number of fused-ring (bicyclic) bond motifs is 1. The Morgan fingerprint density at radius 2 is 1.88 bits per heavy atom. The number of carbonyl (C=O) groups is 1. The van der Waals surface area contributed by atoms with Crippen LogP contribution in [0.1, 0.15) is 24.5 Å². The second kappa shape index (κ2) is 6.29. The monoisotopic (exact) mass is 340 g/mol. The predicted octanol–water partition coefficient (Wildman–Crippen LogP) is 3.05. The summed E-state index contributed by atoms with van der Waals surface area (Å²) in [5.41, 5.74) is 1.25. The van der Waals surface area contributed by atoms with Gasteiger partial charge in [-0.15, -0.1) is 0 Å². The molecule has 1 atom stereocenters. The van der Waals surface area contributed by atoms with Crippen molar-refractivity contribution in [1.82, 2.24) is 5.32 Å². The lowest BCUT2D eigenvalue weighted by molar-refractivity contribution is 0.0936. The van der Waals surface area contributed by atoms with Gasteiger partial charge in [-0.3, -0.25) is 0 Å². The minimum Gasteiger partial charge on any atom is -0.454 e. The lowest BCUT2D eigenvalue weighted by atomic mass is 9.93. The molecule has 2 amide bonds. The first-order valence-electron chi connectivity index (χ1n) is 8.34. The Balaban J connectivity index is 1.34. The molecule has 3 N–H and O–H groups in total. The molecule has 2 aromatic carbocycles. The molecule has 2 aliphatic rings. The van der Waals surface area contributed by atoms with Crippen molar-refractivity contribution in [3.8, 4) is 11.5 Å². The van der Waals surface area contributed by atoms with Gasteiger partial charge in [0, 0.05) is 23.7 Å². The Morgan fingerprint density at radius 1 is 1.12 bits per heavy atom. The normalized spacial score (nSPS) is 17.6. The van der Waals surface area contributed by atoms with Crippen LogP contribution in [-0.2, 0) is 0 Å². The van der Waals surface area contributed by atoms with Gasteiger partial charge >= 0.3 is 6.03 Å². The third-order valence-electron chi connectivity index (χ3n) is 4.82. The van der Waals surface area contributed by atoms with Crippen molar-refractivity contribution in [3.63, 3.8) is 0 Å². The molecule has 0 aromatic heterocycles. The summed E-state index contributed by atoms with van der Waals surface area (Å²) < 4.78 is 10.5. The summed E-state index contributed by atoms with van der Waals surface area (Å²) in [5.74, 6) is 1.30. The molecule has 4 rings (SSSR count). The van der Waals surface area contributed by atoms with Gasteiger partial charge in [0.05, 0.1) is 6.10 Å². The molecule has 1 saturated carbocycles. The van der Waals surface area contributed by atoms with Crippen LogP contribution in [-0.4, -0.2) is 24.5 Å². The largest absolute Gasteiger partial charge is 0.454 e. The Labute approximate surface area is 145 Å². The minimum absolute atomic E-state index is 0.199. The first-order chi connectivity index (χ1) is 12.2. The van der Waals surface area contributed by atoms with Gasteiger partial charge in [-0.2, -0.15) is 0 Å². The van der Waals surface area contributed by atoms with E-state index in [2.05, 4.69) is 10.6 Å². The van der Waals surface area contributed by atoms with Crippen molar-refractivity contribution < 1.29 is 19.4 Å². The molecular weight excluding hydrogens is 320 g/mol. The van der Waals surface area contributed by atoms with Crippen LogP contribution < -0.4 is 20.1 Å². The van der Waals surface area contributed by atoms with Crippen molar-refractivity contribution in [2.45, 2.75) is 18.9 Å². The van der Waals surface area contributed by atoms with Crippen LogP contribution in [0.4, 0.5) is 10.5 Å². The van der Waals surface area contributed by atoms with Crippen LogP contribution >= 0.6 is 0 Å². The van der Waals surface area contributed by atoms with Crippen molar-refractivity contribution in [2.24, 2.45) is 5.41 Å². The molecule has 0 bridgehead atoms. The van der Waals surface area contributed by atoms with Gasteiger partial charge in [-0.05, 0) is 30.5 Å². The number of anilines is 1. The van der Waals surface area contributed by atoms with Crippen molar-refractivity contribution in [1.29, 1.82) is 0 Å². The number of carbonyl (C=O) groups excluding carboxylic acids is 1. The topological polar surface area (TPSA) is 79.8 Å². The molecule has 1 aliphatic carbocycles. The number of rotatable bonds is 5. The highest BCUT2D eigenvalue weighted by molar-refractivity contribution is 5.89. The fraction of sp³-hybridized carbons (Fsp3) is 0.316. The van der Waals surface area contributed by atoms with Crippen molar-refractivity contribution in [3.05, 3.63) is 54.1 Å². The van der Waals surface area contributed by atoms with Crippen molar-refractivity contribution >= 4 is 11.7 Å².